The van der Waals surface area contributed by atoms with Gasteiger partial charge in [-0.3, -0.25) is 5.43 Å². The van der Waals surface area contributed by atoms with Crippen molar-refractivity contribution in [3.05, 3.63) is 57.9 Å². The Kier molecular flexibility index (Phi) is 5.67. The van der Waals surface area contributed by atoms with Gasteiger partial charge in [0.05, 0.1) is 30.6 Å². The highest BCUT2D eigenvalue weighted by Gasteiger charge is 2.11. The molecule has 3 aromatic rings. The largest absolute Gasteiger partial charge is 0.493 e. The summed E-state index contributed by atoms with van der Waals surface area (Å²) in [5.41, 5.74) is 5.83. The van der Waals surface area contributed by atoms with E-state index in [0.29, 0.717) is 11.5 Å². The minimum Gasteiger partial charge on any atom is -0.493 e. The van der Waals surface area contributed by atoms with E-state index >= 15 is 0 Å². The van der Waals surface area contributed by atoms with E-state index in [0.717, 1.165) is 26.4 Å². The number of halogens is 1. The number of hydrogen-bond acceptors (Lipinski definition) is 6. The maximum atomic E-state index is 5.36. The predicted octanol–water partition coefficient (Wildman–Crippen LogP) is 5.04. The summed E-state index contributed by atoms with van der Waals surface area (Å²) < 4.78 is 11.4. The molecule has 3 rings (SSSR count). The Morgan fingerprint density at radius 1 is 1.12 bits per heavy atom. The monoisotopic (exact) mass is 417 g/mol. The Morgan fingerprint density at radius 2 is 1.92 bits per heavy atom. The topological polar surface area (TPSA) is 55.7 Å². The minimum absolute atomic E-state index is 0.632. The van der Waals surface area contributed by atoms with Crippen LogP contribution in [0, 0.1) is 0 Å². The second kappa shape index (κ2) is 8.13. The van der Waals surface area contributed by atoms with Gasteiger partial charge in [0.2, 0.25) is 5.13 Å². The van der Waals surface area contributed by atoms with E-state index in [1.54, 1.807) is 20.4 Å². The third-order valence-electron chi connectivity index (χ3n) is 3.45. The van der Waals surface area contributed by atoms with Crippen LogP contribution >= 0.6 is 27.3 Å². The van der Waals surface area contributed by atoms with Gasteiger partial charge in [0.1, 0.15) is 0 Å². The smallest absolute Gasteiger partial charge is 0.203 e. The first kappa shape index (κ1) is 17.4. The van der Waals surface area contributed by atoms with Crippen molar-refractivity contribution in [2.75, 3.05) is 19.6 Å². The molecule has 0 aliphatic rings. The first-order valence-electron chi connectivity index (χ1n) is 7.43. The summed E-state index contributed by atoms with van der Waals surface area (Å²) >= 11 is 5.02. The lowest BCUT2D eigenvalue weighted by molar-refractivity contribution is 0.353. The van der Waals surface area contributed by atoms with Crippen LogP contribution in [0.2, 0.25) is 0 Å². The standard InChI is InChI=1S/C18H16BrN3O2S/c1-23-15-9-8-13(16(19)17(15)24-2)10-20-22-18-21-14(11-25-18)12-6-4-3-5-7-12/h3-11H,1-2H3,(H,21,22)/b20-10-. The lowest BCUT2D eigenvalue weighted by atomic mass is 10.2. The molecule has 0 unspecified atom stereocenters. The Labute approximate surface area is 158 Å². The van der Waals surface area contributed by atoms with Crippen LogP contribution in [0.5, 0.6) is 11.5 Å². The molecule has 7 heteroatoms. The lowest BCUT2D eigenvalue weighted by Gasteiger charge is -2.10. The molecule has 0 fully saturated rings. The number of hydrazone groups is 1. The molecule has 1 aromatic heterocycles. The molecular formula is C18H16BrN3O2S. The maximum Gasteiger partial charge on any atom is 0.203 e. The van der Waals surface area contributed by atoms with Crippen molar-refractivity contribution in [3.8, 4) is 22.8 Å². The Morgan fingerprint density at radius 3 is 2.64 bits per heavy atom. The fourth-order valence-electron chi connectivity index (χ4n) is 2.23. The van der Waals surface area contributed by atoms with Crippen molar-refractivity contribution in [3.63, 3.8) is 0 Å². The Balaban J connectivity index is 1.73. The number of nitrogens with zero attached hydrogens (tertiary/aromatic N) is 2. The predicted molar refractivity (Wildman–Crippen MR) is 106 cm³/mol. The summed E-state index contributed by atoms with van der Waals surface area (Å²) in [6, 6.07) is 13.8. The number of anilines is 1. The molecule has 1 heterocycles. The van der Waals surface area contributed by atoms with Gasteiger partial charge in [0.15, 0.2) is 11.5 Å². The summed E-state index contributed by atoms with van der Waals surface area (Å²) in [4.78, 5) is 4.53. The van der Waals surface area contributed by atoms with Crippen LogP contribution in [0.25, 0.3) is 11.3 Å². The Hall–Kier alpha value is -2.38. The number of benzene rings is 2. The second-order valence-corrected chi connectivity index (χ2v) is 6.63. The number of ether oxygens (including phenoxy) is 2. The fraction of sp³-hybridized carbons (Fsp3) is 0.111. The molecule has 1 N–H and O–H groups in total. The van der Waals surface area contributed by atoms with Crippen LogP contribution < -0.4 is 14.9 Å². The average Bonchev–Trinajstić information content (AvgIpc) is 3.12. The van der Waals surface area contributed by atoms with Gasteiger partial charge in [-0.15, -0.1) is 11.3 Å². The summed E-state index contributed by atoms with van der Waals surface area (Å²) in [7, 11) is 3.20. The zero-order chi connectivity index (χ0) is 17.6. The number of hydrogen-bond donors (Lipinski definition) is 1. The van der Waals surface area contributed by atoms with E-state index in [4.69, 9.17) is 9.47 Å². The van der Waals surface area contributed by atoms with Crippen molar-refractivity contribution < 1.29 is 9.47 Å². The van der Waals surface area contributed by atoms with E-state index in [-0.39, 0.29) is 0 Å². The van der Waals surface area contributed by atoms with Crippen LogP contribution in [0.15, 0.2) is 57.4 Å². The van der Waals surface area contributed by atoms with Crippen LogP contribution in [0.4, 0.5) is 5.13 Å². The summed E-state index contributed by atoms with van der Waals surface area (Å²) in [6.07, 6.45) is 1.70. The molecule has 0 saturated carbocycles. The van der Waals surface area contributed by atoms with E-state index in [1.165, 1.54) is 11.3 Å². The van der Waals surface area contributed by atoms with Crippen LogP contribution in [0.1, 0.15) is 5.56 Å². The van der Waals surface area contributed by atoms with Crippen molar-refractivity contribution in [1.29, 1.82) is 0 Å². The highest BCUT2D eigenvalue weighted by atomic mass is 79.9. The molecule has 0 bridgehead atoms. The first-order chi connectivity index (χ1) is 12.2. The van der Waals surface area contributed by atoms with Gasteiger partial charge in [-0.2, -0.15) is 5.10 Å². The molecule has 0 amide bonds. The van der Waals surface area contributed by atoms with E-state index in [2.05, 4.69) is 31.4 Å². The van der Waals surface area contributed by atoms with Crippen molar-refractivity contribution >= 4 is 38.6 Å². The van der Waals surface area contributed by atoms with Crippen LogP contribution in [-0.4, -0.2) is 25.4 Å². The van der Waals surface area contributed by atoms with Crippen molar-refractivity contribution in [2.24, 2.45) is 5.10 Å². The first-order valence-corrected chi connectivity index (χ1v) is 9.10. The number of aromatic nitrogens is 1. The van der Waals surface area contributed by atoms with Gasteiger partial charge in [-0.1, -0.05) is 30.3 Å². The number of rotatable bonds is 6. The van der Waals surface area contributed by atoms with Crippen molar-refractivity contribution in [2.45, 2.75) is 0 Å². The number of thiazole rings is 1. The molecule has 0 saturated heterocycles. The van der Waals surface area contributed by atoms with Crippen LogP contribution in [-0.2, 0) is 0 Å². The highest BCUT2D eigenvalue weighted by molar-refractivity contribution is 9.10. The van der Waals surface area contributed by atoms with Crippen LogP contribution in [0.3, 0.4) is 0 Å². The minimum atomic E-state index is 0.632. The van der Waals surface area contributed by atoms with E-state index in [9.17, 15) is 0 Å². The molecule has 128 valence electrons. The van der Waals surface area contributed by atoms with Gasteiger partial charge in [0.25, 0.3) is 0 Å². The summed E-state index contributed by atoms with van der Waals surface area (Å²) in [5.74, 6) is 1.29. The number of nitrogens with one attached hydrogen (secondary N) is 1. The number of methoxy groups -OCH3 is 2. The molecule has 0 radical (unpaired) electrons. The van der Waals surface area contributed by atoms with E-state index < -0.39 is 0 Å². The molecule has 0 atom stereocenters. The van der Waals surface area contributed by atoms with E-state index in [1.807, 2.05) is 47.8 Å². The van der Waals surface area contributed by atoms with Gasteiger partial charge >= 0.3 is 0 Å². The lowest BCUT2D eigenvalue weighted by Crippen LogP contribution is -1.96. The van der Waals surface area contributed by atoms with Gasteiger partial charge in [-0.25, -0.2) is 4.98 Å². The second-order valence-electron chi connectivity index (χ2n) is 4.98. The quantitative estimate of drug-likeness (QED) is 0.450. The van der Waals surface area contributed by atoms with Gasteiger partial charge < -0.3 is 9.47 Å². The highest BCUT2D eigenvalue weighted by Crippen LogP contribution is 2.36. The zero-order valence-electron chi connectivity index (χ0n) is 13.7. The SMILES string of the molecule is COc1ccc(/C=N\Nc2nc(-c3ccccc3)cs2)c(Br)c1OC. The normalized spacial score (nSPS) is 10.8. The average molecular weight is 418 g/mol. The summed E-state index contributed by atoms with van der Waals surface area (Å²) in [5, 5.41) is 6.99. The third-order valence-corrected chi connectivity index (χ3v) is 5.02. The molecule has 0 aliphatic carbocycles. The fourth-order valence-corrected chi connectivity index (χ4v) is 3.49. The van der Waals surface area contributed by atoms with Gasteiger partial charge in [0, 0.05) is 16.5 Å². The molecular weight excluding hydrogens is 402 g/mol. The maximum absolute atomic E-state index is 5.36. The Bertz CT molecular complexity index is 881. The van der Waals surface area contributed by atoms with Gasteiger partial charge in [-0.05, 0) is 28.1 Å². The molecule has 5 nitrogen and oxygen atoms in total. The third kappa shape index (κ3) is 4.00. The molecule has 0 spiro atoms. The summed E-state index contributed by atoms with van der Waals surface area (Å²) in [6.45, 7) is 0. The molecule has 0 aliphatic heterocycles. The van der Waals surface area contributed by atoms with Crippen molar-refractivity contribution in [1.82, 2.24) is 4.98 Å². The molecule has 2 aromatic carbocycles. The molecule has 25 heavy (non-hydrogen) atoms. The zero-order valence-corrected chi connectivity index (χ0v) is 16.1.